The average Bonchev–Trinajstić information content (AvgIpc) is 2.60. The van der Waals surface area contributed by atoms with Crippen molar-refractivity contribution < 1.29 is 57.5 Å². The molecule has 0 saturated carbocycles. The number of hydrogen-bond acceptors (Lipinski definition) is 1. The van der Waals surface area contributed by atoms with Crippen LogP contribution in [0.4, 0.5) is 52.7 Å². The van der Waals surface area contributed by atoms with Gasteiger partial charge >= 0.3 is 36.0 Å². The fraction of sp³-hybridized carbons (Fsp3) is 0.933. The Bertz CT molecular complexity index is 549. The van der Waals surface area contributed by atoms with E-state index >= 15 is 0 Å². The van der Waals surface area contributed by atoms with Crippen LogP contribution < -0.4 is 5.32 Å². The molecular weight excluding hydrogens is 438 g/mol. The third kappa shape index (κ3) is 4.86. The molecule has 0 spiro atoms. The molecule has 174 valence electrons. The first-order valence-corrected chi connectivity index (χ1v) is 8.31. The molecule has 0 aliphatic carbocycles. The summed E-state index contributed by atoms with van der Waals surface area (Å²) in [6.07, 6.45) is -3.83. The number of halogens is 12. The van der Waals surface area contributed by atoms with E-state index in [0.717, 1.165) is 0 Å². The number of hydrogen-bond donors (Lipinski definition) is 1. The van der Waals surface area contributed by atoms with Crippen molar-refractivity contribution in [2.45, 2.75) is 75.6 Å². The highest BCUT2D eigenvalue weighted by atomic mass is 19.4. The van der Waals surface area contributed by atoms with Gasteiger partial charge in [0.25, 0.3) is 5.91 Å². The minimum atomic E-state index is -7.70. The number of rotatable bonds is 12. The fourth-order valence-electron chi connectivity index (χ4n) is 2.17. The molecule has 0 heterocycles. The van der Waals surface area contributed by atoms with E-state index in [4.69, 9.17) is 0 Å². The molecule has 0 rings (SSSR count). The zero-order chi connectivity index (χ0) is 23.5. The van der Waals surface area contributed by atoms with E-state index in [1.807, 2.05) is 0 Å². The van der Waals surface area contributed by atoms with Crippen LogP contribution in [0.25, 0.3) is 0 Å². The van der Waals surface area contributed by atoms with Crippen molar-refractivity contribution in [2.24, 2.45) is 5.92 Å². The summed E-state index contributed by atoms with van der Waals surface area (Å²) in [5, 5.41) is 1.19. The van der Waals surface area contributed by atoms with E-state index in [1.165, 1.54) is 12.2 Å². The fourth-order valence-corrected chi connectivity index (χ4v) is 2.17. The lowest BCUT2D eigenvalue weighted by atomic mass is 9.93. The Morgan fingerprint density at radius 1 is 0.828 bits per heavy atom. The Balaban J connectivity index is 5.74. The Hall–Kier alpha value is -1.37. The van der Waals surface area contributed by atoms with Crippen molar-refractivity contribution in [3.8, 4) is 0 Å². The first-order valence-electron chi connectivity index (χ1n) is 8.31. The van der Waals surface area contributed by atoms with Crippen molar-refractivity contribution in [3.63, 3.8) is 0 Å². The van der Waals surface area contributed by atoms with Crippen LogP contribution in [0.2, 0.25) is 0 Å². The molecule has 29 heavy (non-hydrogen) atoms. The second kappa shape index (κ2) is 9.19. The Kier molecular flexibility index (Phi) is 8.76. The second-order valence-corrected chi connectivity index (χ2v) is 6.35. The summed E-state index contributed by atoms with van der Waals surface area (Å²) in [6.45, 7) is 2.56. The van der Waals surface area contributed by atoms with Crippen LogP contribution in [0.5, 0.6) is 0 Å². The summed E-state index contributed by atoms with van der Waals surface area (Å²) in [7, 11) is 0. The van der Waals surface area contributed by atoms with E-state index in [1.54, 1.807) is 6.92 Å². The zero-order valence-corrected chi connectivity index (χ0v) is 15.1. The van der Waals surface area contributed by atoms with Gasteiger partial charge in [-0.05, 0) is 12.3 Å². The molecule has 0 aromatic heterocycles. The van der Waals surface area contributed by atoms with E-state index in [-0.39, 0.29) is 6.42 Å². The van der Waals surface area contributed by atoms with Gasteiger partial charge in [-0.3, -0.25) is 4.79 Å². The lowest BCUT2D eigenvalue weighted by Gasteiger charge is -2.38. The summed E-state index contributed by atoms with van der Waals surface area (Å²) < 4.78 is 156. The largest absolute Gasteiger partial charge is 0.392 e. The van der Waals surface area contributed by atoms with Crippen molar-refractivity contribution in [2.75, 3.05) is 6.54 Å². The predicted molar refractivity (Wildman–Crippen MR) is 77.1 cm³/mol. The minimum absolute atomic E-state index is 0.247. The maximum atomic E-state index is 13.6. The molecule has 1 unspecified atom stereocenters. The monoisotopic (exact) mass is 457 g/mol. The van der Waals surface area contributed by atoms with E-state index in [9.17, 15) is 57.5 Å². The highest BCUT2D eigenvalue weighted by Gasteiger charge is 2.89. The topological polar surface area (TPSA) is 29.1 Å². The molecule has 0 aliphatic heterocycles. The van der Waals surface area contributed by atoms with E-state index in [2.05, 4.69) is 0 Å². The third-order valence-electron chi connectivity index (χ3n) is 4.26. The second-order valence-electron chi connectivity index (χ2n) is 6.35. The molecule has 2 nitrogen and oxygen atoms in total. The van der Waals surface area contributed by atoms with Crippen LogP contribution in [0.15, 0.2) is 0 Å². The minimum Gasteiger partial charge on any atom is -0.350 e. The smallest absolute Gasteiger partial charge is 0.350 e. The van der Waals surface area contributed by atoms with Crippen molar-refractivity contribution >= 4 is 5.91 Å². The summed E-state index contributed by atoms with van der Waals surface area (Å²) in [5.41, 5.74) is 0. The Morgan fingerprint density at radius 2 is 1.31 bits per heavy atom. The van der Waals surface area contributed by atoms with Crippen molar-refractivity contribution in [1.82, 2.24) is 5.32 Å². The van der Waals surface area contributed by atoms with Gasteiger partial charge in [0.05, 0.1) is 0 Å². The highest BCUT2D eigenvalue weighted by Crippen LogP contribution is 2.58. The molecule has 1 amide bonds. The number of carbonyl (C=O) groups excluding carboxylic acids is 1. The number of carbonyl (C=O) groups is 1. The van der Waals surface area contributed by atoms with Gasteiger partial charge in [-0.25, -0.2) is 8.78 Å². The molecule has 0 radical (unpaired) electrons. The van der Waals surface area contributed by atoms with Crippen LogP contribution in [0.1, 0.15) is 39.5 Å². The lowest BCUT2D eigenvalue weighted by Crippen LogP contribution is -2.71. The number of unbranched alkanes of at least 4 members (excludes halogenated alkanes) is 1. The maximum Gasteiger partial charge on any atom is 0.392 e. The predicted octanol–water partition coefficient (Wildman–Crippen LogP) is 5.76. The standard InChI is InChI=1S/C15H19F12NO/c1-3-5-6-8(4-2)7-28-10(29)12(20,21)14(24,25)15(26,27)13(22,23)11(18,19)9(16)17/h8-9H,3-7H2,1-2H3,(H,28,29). The average molecular weight is 457 g/mol. The molecule has 1 N–H and O–H groups in total. The summed E-state index contributed by atoms with van der Waals surface area (Å²) in [4.78, 5) is 11.3. The van der Waals surface area contributed by atoms with Crippen molar-refractivity contribution in [3.05, 3.63) is 0 Å². The van der Waals surface area contributed by atoms with Crippen molar-refractivity contribution in [1.29, 1.82) is 0 Å². The molecule has 0 fully saturated rings. The zero-order valence-electron chi connectivity index (χ0n) is 15.1. The first-order chi connectivity index (χ1) is 12.9. The van der Waals surface area contributed by atoms with E-state index < -0.39 is 54.4 Å². The first kappa shape index (κ1) is 27.6. The third-order valence-corrected chi connectivity index (χ3v) is 4.26. The molecule has 0 aromatic carbocycles. The molecule has 1 atom stereocenters. The maximum absolute atomic E-state index is 13.6. The van der Waals surface area contributed by atoms with Gasteiger partial charge in [-0.2, -0.15) is 43.9 Å². The quantitative estimate of drug-likeness (QED) is 0.371. The summed E-state index contributed by atoms with van der Waals surface area (Å²) >= 11 is 0. The van der Waals surface area contributed by atoms with Crippen LogP contribution >= 0.6 is 0 Å². The van der Waals surface area contributed by atoms with E-state index in [0.29, 0.717) is 19.3 Å². The van der Waals surface area contributed by atoms with Gasteiger partial charge in [-0.1, -0.05) is 33.1 Å². The van der Waals surface area contributed by atoms with Gasteiger partial charge in [0, 0.05) is 6.54 Å². The SMILES string of the molecule is CCCCC(CC)CNC(=O)C(F)(F)C(F)(F)C(F)(F)C(F)(F)C(F)(F)C(F)F. The normalized spacial score (nSPS) is 15.6. The highest BCUT2D eigenvalue weighted by molar-refractivity contribution is 5.84. The van der Waals surface area contributed by atoms with Gasteiger partial charge in [-0.15, -0.1) is 0 Å². The molecule has 0 aliphatic rings. The van der Waals surface area contributed by atoms with Gasteiger partial charge in [0.2, 0.25) is 0 Å². The molecule has 0 aromatic rings. The van der Waals surface area contributed by atoms with Crippen LogP contribution in [-0.2, 0) is 4.79 Å². The van der Waals surface area contributed by atoms with Crippen LogP contribution in [0.3, 0.4) is 0 Å². The number of nitrogens with one attached hydrogen (secondary N) is 1. The van der Waals surface area contributed by atoms with Gasteiger partial charge in [0.1, 0.15) is 0 Å². The van der Waals surface area contributed by atoms with Crippen LogP contribution in [0, 0.1) is 5.92 Å². The van der Waals surface area contributed by atoms with Gasteiger partial charge < -0.3 is 5.32 Å². The number of alkyl halides is 12. The molecule has 14 heteroatoms. The molecular formula is C15H19F12NO. The molecule has 0 bridgehead atoms. The Labute approximate surface area is 158 Å². The summed E-state index contributed by atoms with van der Waals surface area (Å²) in [6, 6.07) is 0. The summed E-state index contributed by atoms with van der Waals surface area (Å²) in [5.74, 6) is -40.1. The van der Waals surface area contributed by atoms with Crippen LogP contribution in [-0.4, -0.2) is 48.5 Å². The Morgan fingerprint density at radius 3 is 1.69 bits per heavy atom. The van der Waals surface area contributed by atoms with Gasteiger partial charge in [0.15, 0.2) is 0 Å². The molecule has 0 saturated heterocycles. The number of amides is 1. The lowest BCUT2D eigenvalue weighted by molar-refractivity contribution is -0.407.